The van der Waals surface area contributed by atoms with Gasteiger partial charge in [0.05, 0.1) is 0 Å². The Hall–Kier alpha value is -1.89. The zero-order valence-electron chi connectivity index (χ0n) is 16.8. The van der Waals surface area contributed by atoms with Crippen LogP contribution in [0.4, 0.5) is 4.39 Å². The van der Waals surface area contributed by atoms with Crippen molar-refractivity contribution in [2.24, 2.45) is 0 Å². The summed E-state index contributed by atoms with van der Waals surface area (Å²) in [7, 11) is -3.90. The van der Waals surface area contributed by atoms with Crippen LogP contribution in [0.5, 0.6) is 0 Å². The highest BCUT2D eigenvalue weighted by molar-refractivity contribution is 7.91. The normalized spacial score (nSPS) is 22.9. The highest BCUT2D eigenvalue weighted by Gasteiger charge is 2.39. The second-order valence-electron chi connectivity index (χ2n) is 7.34. The Labute approximate surface area is 184 Å². The third-order valence-corrected chi connectivity index (χ3v) is 8.71. The molecule has 1 amide bonds. The summed E-state index contributed by atoms with van der Waals surface area (Å²) in [5.41, 5.74) is 3.10. The van der Waals surface area contributed by atoms with E-state index in [4.69, 9.17) is 9.57 Å². The maximum atomic E-state index is 13.3. The van der Waals surface area contributed by atoms with Crippen LogP contribution in [0.1, 0.15) is 19.3 Å². The number of nitrogens with zero attached hydrogens (tertiary/aromatic N) is 1. The lowest BCUT2D eigenvalue weighted by Crippen LogP contribution is -2.59. The second kappa shape index (κ2) is 9.72. The van der Waals surface area contributed by atoms with Crippen molar-refractivity contribution in [3.8, 4) is 10.4 Å². The van der Waals surface area contributed by atoms with Crippen molar-refractivity contribution >= 4 is 27.3 Å². The summed E-state index contributed by atoms with van der Waals surface area (Å²) >= 11 is 1.09. The average molecular weight is 470 g/mol. The van der Waals surface area contributed by atoms with Crippen molar-refractivity contribution < 1.29 is 27.2 Å². The number of hydrogen-bond donors (Lipinski definition) is 2. The van der Waals surface area contributed by atoms with Crippen LogP contribution in [-0.2, 0) is 24.4 Å². The number of benzene rings is 1. The van der Waals surface area contributed by atoms with Gasteiger partial charge >= 0.3 is 0 Å². The summed E-state index contributed by atoms with van der Waals surface area (Å²) in [5.74, 6) is -0.899. The predicted molar refractivity (Wildman–Crippen MR) is 113 cm³/mol. The minimum absolute atomic E-state index is 0.128. The highest BCUT2D eigenvalue weighted by Crippen LogP contribution is 2.33. The largest absolute Gasteiger partial charge is 0.350 e. The maximum Gasteiger partial charge on any atom is 0.263 e. The zero-order chi connectivity index (χ0) is 21.8. The van der Waals surface area contributed by atoms with Crippen molar-refractivity contribution in [1.82, 2.24) is 15.1 Å². The van der Waals surface area contributed by atoms with Gasteiger partial charge in [-0.3, -0.25) is 4.79 Å². The highest BCUT2D eigenvalue weighted by atomic mass is 32.2. The van der Waals surface area contributed by atoms with Crippen LogP contribution in [0.2, 0.25) is 0 Å². The number of nitrogens with one attached hydrogen (secondary N) is 2. The molecule has 2 atom stereocenters. The summed E-state index contributed by atoms with van der Waals surface area (Å²) in [5, 5.41) is 3.06. The quantitative estimate of drug-likeness (QED) is 0.629. The molecule has 0 saturated carbocycles. The Morgan fingerprint density at radius 2 is 2.03 bits per heavy atom. The molecule has 2 fully saturated rings. The molecule has 1 aromatic heterocycles. The minimum Gasteiger partial charge on any atom is -0.350 e. The van der Waals surface area contributed by atoms with Crippen LogP contribution in [0.25, 0.3) is 10.4 Å². The molecule has 0 bridgehead atoms. The van der Waals surface area contributed by atoms with Crippen LogP contribution in [0.15, 0.2) is 40.6 Å². The summed E-state index contributed by atoms with van der Waals surface area (Å²) in [6.45, 7) is 1.34. The van der Waals surface area contributed by atoms with Crippen molar-refractivity contribution in [3.05, 3.63) is 42.2 Å². The number of hydrogen-bond acceptors (Lipinski definition) is 7. The number of thiophene rings is 1. The number of carbonyl (C=O) groups is 1. The number of hydroxylamine groups is 1. The second-order valence-corrected chi connectivity index (χ2v) is 10.5. The molecule has 3 heterocycles. The molecule has 0 spiro atoms. The lowest BCUT2D eigenvalue weighted by atomic mass is 10.2. The number of piperazine rings is 1. The van der Waals surface area contributed by atoms with Crippen LogP contribution in [0.3, 0.4) is 0 Å². The van der Waals surface area contributed by atoms with Gasteiger partial charge in [-0.25, -0.2) is 23.1 Å². The molecule has 2 N–H and O–H groups in total. The molecular formula is C20H24FN3O5S2. The molecule has 0 aliphatic carbocycles. The fourth-order valence-corrected chi connectivity index (χ4v) is 6.57. The van der Waals surface area contributed by atoms with Crippen LogP contribution < -0.4 is 10.8 Å². The molecule has 8 nitrogen and oxygen atoms in total. The Bertz CT molecular complexity index is 1010. The van der Waals surface area contributed by atoms with E-state index in [0.717, 1.165) is 29.7 Å². The molecule has 2 aromatic rings. The van der Waals surface area contributed by atoms with E-state index >= 15 is 0 Å². The number of carbonyl (C=O) groups excluding carboxylic acids is 1. The molecular weight excluding hydrogens is 445 g/mol. The SMILES string of the molecule is O=C(NOC1CCCCO1)[C@H]1CNCCN1S(=O)(=O)c1ccc(-c2ccc(F)cc2)s1. The Balaban J connectivity index is 1.48. The molecule has 2 saturated heterocycles. The van der Waals surface area contributed by atoms with Gasteiger partial charge in [0, 0.05) is 37.5 Å². The number of amides is 1. The number of halogens is 1. The topological polar surface area (TPSA) is 97.0 Å². The first-order valence-electron chi connectivity index (χ1n) is 10.1. The summed E-state index contributed by atoms with van der Waals surface area (Å²) < 4.78 is 46.6. The number of rotatable bonds is 6. The van der Waals surface area contributed by atoms with Gasteiger partial charge in [-0.1, -0.05) is 12.1 Å². The van der Waals surface area contributed by atoms with Crippen molar-refractivity contribution in [2.45, 2.75) is 35.8 Å². The molecule has 2 aliphatic rings. The van der Waals surface area contributed by atoms with Crippen molar-refractivity contribution in [1.29, 1.82) is 0 Å². The van der Waals surface area contributed by atoms with E-state index in [-0.39, 0.29) is 23.1 Å². The van der Waals surface area contributed by atoms with Gasteiger partial charge in [-0.2, -0.15) is 4.31 Å². The lowest BCUT2D eigenvalue weighted by Gasteiger charge is -2.34. The fraction of sp³-hybridized carbons (Fsp3) is 0.450. The monoisotopic (exact) mass is 469 g/mol. The molecule has 1 unspecified atom stereocenters. The summed E-state index contributed by atoms with van der Waals surface area (Å²) in [6, 6.07) is 8.12. The molecule has 168 valence electrons. The standard InChI is InChI=1S/C20H24FN3O5S2/c21-15-6-4-14(5-7-15)17-8-9-19(30-17)31(26,27)24-11-10-22-13-16(24)20(25)23-29-18-3-1-2-12-28-18/h4-9,16,18,22H,1-3,10-13H2,(H,23,25)/t16-,18?/m1/s1. The fourth-order valence-electron chi connectivity index (χ4n) is 3.54. The van der Waals surface area contributed by atoms with Crippen molar-refractivity contribution in [2.75, 3.05) is 26.2 Å². The van der Waals surface area contributed by atoms with Crippen LogP contribution in [-0.4, -0.2) is 57.2 Å². The summed E-state index contributed by atoms with van der Waals surface area (Å²) in [4.78, 5) is 18.8. The average Bonchev–Trinajstić information content (AvgIpc) is 3.30. The van der Waals surface area contributed by atoms with E-state index in [2.05, 4.69) is 10.8 Å². The van der Waals surface area contributed by atoms with Gasteiger partial charge in [0.2, 0.25) is 0 Å². The molecule has 31 heavy (non-hydrogen) atoms. The van der Waals surface area contributed by atoms with Gasteiger partial charge in [0.1, 0.15) is 16.1 Å². The van der Waals surface area contributed by atoms with E-state index in [0.29, 0.717) is 24.4 Å². The summed E-state index contributed by atoms with van der Waals surface area (Å²) in [6.07, 6.45) is 2.05. The molecule has 4 rings (SSSR count). The smallest absolute Gasteiger partial charge is 0.263 e. The third kappa shape index (κ3) is 5.13. The van der Waals surface area contributed by atoms with Gasteiger partial charge < -0.3 is 10.1 Å². The van der Waals surface area contributed by atoms with E-state index < -0.39 is 28.3 Å². The molecule has 11 heteroatoms. The molecule has 1 aromatic carbocycles. The molecule has 2 aliphatic heterocycles. The predicted octanol–water partition coefficient (Wildman–Crippen LogP) is 2.09. The Morgan fingerprint density at radius 3 is 2.77 bits per heavy atom. The maximum absolute atomic E-state index is 13.3. The zero-order valence-corrected chi connectivity index (χ0v) is 18.4. The minimum atomic E-state index is -3.90. The first-order valence-corrected chi connectivity index (χ1v) is 12.4. The van der Waals surface area contributed by atoms with Crippen LogP contribution >= 0.6 is 11.3 Å². The first-order chi connectivity index (χ1) is 14.9. The van der Waals surface area contributed by atoms with E-state index in [9.17, 15) is 17.6 Å². The lowest BCUT2D eigenvalue weighted by molar-refractivity contribution is -0.202. The first kappa shape index (κ1) is 22.3. The number of ether oxygens (including phenoxy) is 1. The van der Waals surface area contributed by atoms with Gasteiger partial charge in [0.15, 0.2) is 6.29 Å². The molecule has 0 radical (unpaired) electrons. The Kier molecular flexibility index (Phi) is 6.99. The van der Waals surface area contributed by atoms with E-state index in [1.807, 2.05) is 0 Å². The van der Waals surface area contributed by atoms with E-state index in [1.165, 1.54) is 22.5 Å². The Morgan fingerprint density at radius 1 is 1.23 bits per heavy atom. The number of sulfonamides is 1. The van der Waals surface area contributed by atoms with E-state index in [1.54, 1.807) is 18.2 Å². The van der Waals surface area contributed by atoms with Gasteiger partial charge in [-0.05, 0) is 42.7 Å². The van der Waals surface area contributed by atoms with Gasteiger partial charge in [0.25, 0.3) is 15.9 Å². The van der Waals surface area contributed by atoms with Crippen molar-refractivity contribution in [3.63, 3.8) is 0 Å². The van der Waals surface area contributed by atoms with Crippen LogP contribution in [0, 0.1) is 5.82 Å². The van der Waals surface area contributed by atoms with Gasteiger partial charge in [-0.15, -0.1) is 11.3 Å². The third-order valence-electron chi connectivity index (χ3n) is 5.20.